The Morgan fingerprint density at radius 2 is 1.69 bits per heavy atom. The number of benzene rings is 2. The number of fused-ring (bicyclic) bond motifs is 3. The lowest BCUT2D eigenvalue weighted by Gasteiger charge is -2.27. The minimum absolute atomic E-state index is 0.130. The smallest absolute Gasteiger partial charge is 0.327 e. The number of rotatable bonds is 2. The van der Waals surface area contributed by atoms with Gasteiger partial charge in [-0.2, -0.15) is 0 Å². The van der Waals surface area contributed by atoms with Crippen molar-refractivity contribution in [1.29, 1.82) is 0 Å². The van der Waals surface area contributed by atoms with Gasteiger partial charge in [-0.1, -0.05) is 36.4 Å². The predicted octanol–water partition coefficient (Wildman–Crippen LogP) is 2.14. The molecule has 0 saturated carbocycles. The SMILES string of the molecule is O=C1C2=C(Nc3[nH]c(=O)[nH]c(=O)c3[C@@H]2c2cccc([N+](=O)[O-])c2)c2ccccc21. The second kappa shape index (κ2) is 5.86. The van der Waals surface area contributed by atoms with Crippen molar-refractivity contribution in [2.45, 2.75) is 5.92 Å². The molecule has 2 aromatic carbocycles. The van der Waals surface area contributed by atoms with E-state index in [0.717, 1.165) is 0 Å². The van der Waals surface area contributed by atoms with E-state index in [1.807, 2.05) is 0 Å². The fourth-order valence-corrected chi connectivity index (χ4v) is 4.00. The first kappa shape index (κ1) is 16.9. The number of ketones is 1. The number of nitro benzene ring substituents is 1. The first-order valence-electron chi connectivity index (χ1n) is 8.72. The van der Waals surface area contributed by atoms with Crippen molar-refractivity contribution in [3.8, 4) is 0 Å². The zero-order valence-electron chi connectivity index (χ0n) is 14.7. The van der Waals surface area contributed by atoms with Gasteiger partial charge in [0.05, 0.1) is 16.2 Å². The molecule has 29 heavy (non-hydrogen) atoms. The van der Waals surface area contributed by atoms with E-state index in [9.17, 15) is 24.5 Å². The Morgan fingerprint density at radius 1 is 0.931 bits per heavy atom. The molecule has 142 valence electrons. The first-order chi connectivity index (χ1) is 14.0. The summed E-state index contributed by atoms with van der Waals surface area (Å²) < 4.78 is 0. The fourth-order valence-electron chi connectivity index (χ4n) is 4.00. The summed E-state index contributed by atoms with van der Waals surface area (Å²) in [6, 6.07) is 12.8. The Kier molecular flexibility index (Phi) is 3.41. The summed E-state index contributed by atoms with van der Waals surface area (Å²) in [5.74, 6) is -0.976. The van der Waals surface area contributed by atoms with Gasteiger partial charge in [-0.25, -0.2) is 4.79 Å². The summed E-state index contributed by atoms with van der Waals surface area (Å²) >= 11 is 0. The van der Waals surface area contributed by atoms with Gasteiger partial charge in [-0.3, -0.25) is 29.7 Å². The number of aromatic amines is 2. The standard InChI is InChI=1S/C20H12N4O5/c25-17-12-7-2-1-6-11(12)16-14(17)13(9-4-3-5-10(8-9)24(28)29)15-18(21-16)22-20(27)23-19(15)26/h1-8,13H,(H3,21,22,23,26,27)/t13-/m1/s1. The number of carbonyl (C=O) groups excluding carboxylic acids is 1. The van der Waals surface area contributed by atoms with Crippen LogP contribution in [-0.2, 0) is 0 Å². The van der Waals surface area contributed by atoms with Crippen LogP contribution in [0.25, 0.3) is 5.70 Å². The van der Waals surface area contributed by atoms with Crippen LogP contribution >= 0.6 is 0 Å². The van der Waals surface area contributed by atoms with Gasteiger partial charge >= 0.3 is 5.69 Å². The highest BCUT2D eigenvalue weighted by atomic mass is 16.6. The van der Waals surface area contributed by atoms with Crippen LogP contribution in [0.4, 0.5) is 11.5 Å². The maximum Gasteiger partial charge on any atom is 0.327 e. The van der Waals surface area contributed by atoms with Gasteiger partial charge < -0.3 is 5.32 Å². The van der Waals surface area contributed by atoms with E-state index >= 15 is 0 Å². The molecule has 1 atom stereocenters. The summed E-state index contributed by atoms with van der Waals surface area (Å²) in [6.45, 7) is 0. The number of nitrogens with zero attached hydrogens (tertiary/aromatic N) is 1. The number of allylic oxidation sites excluding steroid dienone is 1. The van der Waals surface area contributed by atoms with Crippen LogP contribution in [0.2, 0.25) is 0 Å². The lowest BCUT2D eigenvalue weighted by atomic mass is 9.81. The van der Waals surface area contributed by atoms with Crippen LogP contribution in [0.3, 0.4) is 0 Å². The Bertz CT molecular complexity index is 1380. The minimum atomic E-state index is -0.873. The van der Waals surface area contributed by atoms with Crippen LogP contribution < -0.4 is 16.6 Å². The molecule has 3 aromatic rings. The van der Waals surface area contributed by atoms with Gasteiger partial charge in [0.1, 0.15) is 5.82 Å². The molecule has 9 heteroatoms. The summed E-state index contributed by atoms with van der Waals surface area (Å²) in [4.78, 5) is 53.2. The third-order valence-electron chi connectivity index (χ3n) is 5.18. The van der Waals surface area contributed by atoms with Crippen LogP contribution in [0.5, 0.6) is 0 Å². The van der Waals surface area contributed by atoms with Crippen molar-refractivity contribution >= 4 is 23.0 Å². The van der Waals surface area contributed by atoms with Crippen molar-refractivity contribution in [2.24, 2.45) is 0 Å². The third-order valence-corrected chi connectivity index (χ3v) is 5.18. The molecule has 0 bridgehead atoms. The molecule has 1 aliphatic heterocycles. The molecule has 5 rings (SSSR count). The lowest BCUT2D eigenvalue weighted by Crippen LogP contribution is -2.33. The zero-order valence-corrected chi connectivity index (χ0v) is 14.7. The highest BCUT2D eigenvalue weighted by molar-refractivity contribution is 6.23. The Labute approximate surface area is 161 Å². The number of carbonyl (C=O) groups is 1. The Morgan fingerprint density at radius 3 is 2.45 bits per heavy atom. The first-order valence-corrected chi connectivity index (χ1v) is 8.72. The molecule has 9 nitrogen and oxygen atoms in total. The molecule has 0 radical (unpaired) electrons. The molecule has 0 spiro atoms. The van der Waals surface area contributed by atoms with Crippen LogP contribution in [-0.4, -0.2) is 20.7 Å². The van der Waals surface area contributed by atoms with Crippen molar-refractivity contribution < 1.29 is 9.72 Å². The molecular formula is C20H12N4O5. The molecule has 0 unspecified atom stereocenters. The van der Waals surface area contributed by atoms with E-state index in [0.29, 0.717) is 28.0 Å². The average Bonchev–Trinajstić information content (AvgIpc) is 2.99. The quantitative estimate of drug-likeness (QED) is 0.454. The molecule has 3 N–H and O–H groups in total. The Hall–Kier alpha value is -4.27. The maximum atomic E-state index is 13.2. The van der Waals surface area contributed by atoms with Gasteiger partial charge in [0.15, 0.2) is 5.78 Å². The number of Topliss-reactive ketones (excluding diaryl/α,β-unsaturated/α-hetero) is 1. The number of H-pyrrole nitrogens is 2. The van der Waals surface area contributed by atoms with E-state index in [4.69, 9.17) is 0 Å². The third kappa shape index (κ3) is 2.37. The van der Waals surface area contributed by atoms with Crippen molar-refractivity contribution in [2.75, 3.05) is 5.32 Å². The highest BCUT2D eigenvalue weighted by Gasteiger charge is 2.42. The van der Waals surface area contributed by atoms with Gasteiger partial charge in [0.2, 0.25) is 0 Å². The number of nitro groups is 1. The molecule has 1 aromatic heterocycles. The van der Waals surface area contributed by atoms with E-state index < -0.39 is 22.1 Å². The second-order valence-corrected chi connectivity index (χ2v) is 6.77. The monoisotopic (exact) mass is 388 g/mol. The van der Waals surface area contributed by atoms with Crippen LogP contribution in [0.1, 0.15) is 33.0 Å². The van der Waals surface area contributed by atoms with E-state index in [2.05, 4.69) is 15.3 Å². The molecule has 0 saturated heterocycles. The summed E-state index contributed by atoms with van der Waals surface area (Å²) in [6.07, 6.45) is 0. The number of hydrogen-bond acceptors (Lipinski definition) is 6. The molecule has 2 aliphatic rings. The topological polar surface area (TPSA) is 138 Å². The molecular weight excluding hydrogens is 376 g/mol. The van der Waals surface area contributed by atoms with Gasteiger partial charge in [0, 0.05) is 34.8 Å². The van der Waals surface area contributed by atoms with Crippen molar-refractivity contribution in [3.05, 3.63) is 107 Å². The molecule has 1 aliphatic carbocycles. The summed E-state index contributed by atoms with van der Waals surface area (Å²) in [5.41, 5.74) is 0.935. The average molecular weight is 388 g/mol. The second-order valence-electron chi connectivity index (χ2n) is 6.77. The zero-order chi connectivity index (χ0) is 20.3. The minimum Gasteiger partial charge on any atom is -0.340 e. The Balaban J connectivity index is 1.84. The fraction of sp³-hybridized carbons (Fsp3) is 0.0500. The summed E-state index contributed by atoms with van der Waals surface area (Å²) in [5, 5.41) is 14.3. The van der Waals surface area contributed by atoms with E-state index in [1.165, 1.54) is 18.2 Å². The number of nitrogens with one attached hydrogen (secondary N) is 3. The van der Waals surface area contributed by atoms with Gasteiger partial charge in [-0.15, -0.1) is 0 Å². The molecule has 0 amide bonds. The van der Waals surface area contributed by atoms with Gasteiger partial charge in [0.25, 0.3) is 11.2 Å². The molecule has 2 heterocycles. The largest absolute Gasteiger partial charge is 0.340 e. The van der Waals surface area contributed by atoms with Crippen molar-refractivity contribution in [3.63, 3.8) is 0 Å². The van der Waals surface area contributed by atoms with Crippen molar-refractivity contribution in [1.82, 2.24) is 9.97 Å². The highest BCUT2D eigenvalue weighted by Crippen LogP contribution is 2.47. The normalized spacial score (nSPS) is 16.7. The van der Waals surface area contributed by atoms with E-state index in [-0.39, 0.29) is 22.9 Å². The number of anilines is 1. The van der Waals surface area contributed by atoms with E-state index in [1.54, 1.807) is 30.3 Å². The van der Waals surface area contributed by atoms with Gasteiger partial charge in [-0.05, 0) is 5.56 Å². The summed E-state index contributed by atoms with van der Waals surface area (Å²) in [7, 11) is 0. The number of hydrogen-bond donors (Lipinski definition) is 3. The maximum absolute atomic E-state index is 13.2. The van der Waals surface area contributed by atoms with Crippen LogP contribution in [0.15, 0.2) is 63.7 Å². The lowest BCUT2D eigenvalue weighted by molar-refractivity contribution is -0.384. The predicted molar refractivity (Wildman–Crippen MR) is 104 cm³/mol. The van der Waals surface area contributed by atoms with Crippen LogP contribution in [0, 0.1) is 10.1 Å². The number of aromatic nitrogens is 2. The molecule has 0 fully saturated rings. The number of non-ortho nitro benzene ring substituents is 1.